The van der Waals surface area contributed by atoms with Crippen LogP contribution in [0, 0.1) is 10.1 Å². The number of hydrogen-bond donors (Lipinski definition) is 1. The van der Waals surface area contributed by atoms with E-state index in [2.05, 4.69) is 10.5 Å². The smallest absolute Gasteiger partial charge is 0.275 e. The van der Waals surface area contributed by atoms with Crippen molar-refractivity contribution in [3.63, 3.8) is 0 Å². The Morgan fingerprint density at radius 3 is 2.49 bits per heavy atom. The van der Waals surface area contributed by atoms with E-state index in [1.54, 1.807) is 24.3 Å². The van der Waals surface area contributed by atoms with Crippen molar-refractivity contribution < 1.29 is 23.9 Å². The van der Waals surface area contributed by atoms with Gasteiger partial charge in [-0.25, -0.2) is 5.43 Å². The quantitative estimate of drug-likeness (QED) is 0.211. The van der Waals surface area contributed by atoms with Crippen molar-refractivity contribution in [3.05, 3.63) is 91.4 Å². The zero-order chi connectivity index (χ0) is 25.4. The number of nitrogens with one attached hydrogen (secondary N) is 1. The van der Waals surface area contributed by atoms with Gasteiger partial charge in [0.2, 0.25) is 0 Å². The number of non-ortho nitro benzene ring substituents is 1. The predicted molar refractivity (Wildman–Crippen MR) is 133 cm³/mol. The molecule has 182 valence electrons. The van der Waals surface area contributed by atoms with Gasteiger partial charge in [-0.15, -0.1) is 0 Å². The highest BCUT2D eigenvalue weighted by molar-refractivity contribution is 6.32. The summed E-state index contributed by atoms with van der Waals surface area (Å²) in [6.45, 7) is 2.45. The van der Waals surface area contributed by atoms with Crippen molar-refractivity contribution in [1.29, 1.82) is 0 Å². The number of halogens is 2. The molecule has 0 radical (unpaired) electrons. The molecule has 0 spiro atoms. The number of nitro benzene ring substituents is 1. The highest BCUT2D eigenvalue weighted by atomic mass is 35.5. The summed E-state index contributed by atoms with van der Waals surface area (Å²) in [5.74, 6) is 0.265. The minimum Gasteiger partial charge on any atom is -0.496 e. The second-order valence-electron chi connectivity index (χ2n) is 7.02. The number of rotatable bonds is 10. The lowest BCUT2D eigenvalue weighted by molar-refractivity contribution is -0.384. The molecule has 0 fully saturated rings. The third-order valence-corrected chi connectivity index (χ3v) is 5.18. The van der Waals surface area contributed by atoms with Crippen LogP contribution in [0.25, 0.3) is 0 Å². The van der Waals surface area contributed by atoms with Gasteiger partial charge in [-0.05, 0) is 48.4 Å². The fraction of sp³-hybridized carbons (Fsp3) is 0.167. The molecular weight excluding hydrogens is 497 g/mol. The van der Waals surface area contributed by atoms with E-state index in [4.69, 9.17) is 37.4 Å². The highest BCUT2D eigenvalue weighted by Gasteiger charge is 2.17. The Morgan fingerprint density at radius 2 is 1.83 bits per heavy atom. The van der Waals surface area contributed by atoms with Gasteiger partial charge in [-0.1, -0.05) is 35.3 Å². The lowest BCUT2D eigenvalue weighted by atomic mass is 10.1. The van der Waals surface area contributed by atoms with E-state index in [0.717, 1.165) is 11.6 Å². The summed E-state index contributed by atoms with van der Waals surface area (Å²) in [7, 11) is 1.36. The molecule has 9 nitrogen and oxygen atoms in total. The van der Waals surface area contributed by atoms with E-state index in [9.17, 15) is 14.9 Å². The number of benzene rings is 3. The molecule has 0 aliphatic carbocycles. The van der Waals surface area contributed by atoms with E-state index >= 15 is 0 Å². The highest BCUT2D eigenvalue weighted by Crippen LogP contribution is 2.37. The molecule has 0 aliphatic rings. The van der Waals surface area contributed by atoms with Gasteiger partial charge in [0.15, 0.2) is 11.5 Å². The van der Waals surface area contributed by atoms with Gasteiger partial charge < -0.3 is 14.2 Å². The van der Waals surface area contributed by atoms with Crippen molar-refractivity contribution in [2.24, 2.45) is 5.10 Å². The summed E-state index contributed by atoms with van der Waals surface area (Å²) >= 11 is 12.3. The van der Waals surface area contributed by atoms with Gasteiger partial charge in [-0.2, -0.15) is 5.10 Å². The topological polar surface area (TPSA) is 112 Å². The van der Waals surface area contributed by atoms with Crippen LogP contribution in [0.15, 0.2) is 59.7 Å². The van der Waals surface area contributed by atoms with Crippen molar-refractivity contribution >= 4 is 41.0 Å². The first-order valence-corrected chi connectivity index (χ1v) is 11.1. The molecular formula is C24H21Cl2N3O6. The Kier molecular flexibility index (Phi) is 8.88. The average molecular weight is 518 g/mol. The fourth-order valence-electron chi connectivity index (χ4n) is 3.01. The van der Waals surface area contributed by atoms with Crippen LogP contribution in [0.2, 0.25) is 10.0 Å². The van der Waals surface area contributed by atoms with Gasteiger partial charge in [0.1, 0.15) is 12.4 Å². The molecule has 0 atom stereocenters. The zero-order valence-electron chi connectivity index (χ0n) is 18.8. The summed E-state index contributed by atoms with van der Waals surface area (Å²) in [4.78, 5) is 22.9. The molecule has 0 bridgehead atoms. The molecule has 11 heteroatoms. The van der Waals surface area contributed by atoms with Crippen LogP contribution in [0.4, 0.5) is 5.69 Å². The van der Waals surface area contributed by atoms with E-state index in [0.29, 0.717) is 28.7 Å². The molecule has 1 N–H and O–H groups in total. The van der Waals surface area contributed by atoms with Gasteiger partial charge in [-0.3, -0.25) is 14.9 Å². The van der Waals surface area contributed by atoms with Crippen molar-refractivity contribution in [2.75, 3.05) is 13.7 Å². The van der Waals surface area contributed by atoms with Crippen LogP contribution in [-0.4, -0.2) is 30.8 Å². The van der Waals surface area contributed by atoms with Gasteiger partial charge in [0.25, 0.3) is 11.6 Å². The normalized spacial score (nSPS) is 10.7. The number of methoxy groups -OCH3 is 1. The van der Waals surface area contributed by atoms with Crippen molar-refractivity contribution in [1.82, 2.24) is 5.43 Å². The first kappa shape index (κ1) is 25.8. The molecule has 0 unspecified atom stereocenters. The molecule has 0 aliphatic heterocycles. The number of amides is 1. The number of hydrazone groups is 1. The third kappa shape index (κ3) is 6.84. The van der Waals surface area contributed by atoms with Gasteiger partial charge in [0.05, 0.1) is 35.4 Å². The molecule has 0 saturated carbocycles. The van der Waals surface area contributed by atoms with Crippen LogP contribution in [-0.2, 0) is 6.61 Å². The summed E-state index contributed by atoms with van der Waals surface area (Å²) in [5.41, 5.74) is 3.48. The van der Waals surface area contributed by atoms with Crippen LogP contribution in [0.3, 0.4) is 0 Å². The van der Waals surface area contributed by atoms with Crippen LogP contribution >= 0.6 is 23.2 Å². The number of carbonyl (C=O) groups is 1. The molecule has 0 heterocycles. The number of carbonyl (C=O) groups excluding carboxylic acids is 1. The van der Waals surface area contributed by atoms with Crippen LogP contribution in [0.1, 0.15) is 28.4 Å². The SMILES string of the molecule is CCOc1cc(/C=N\NC(=O)c2cc([N+](=O)[O-])ccc2OC)cc(Cl)c1OCc1ccc(Cl)cc1. The summed E-state index contributed by atoms with van der Waals surface area (Å²) in [5, 5.41) is 15.9. The van der Waals surface area contributed by atoms with E-state index < -0.39 is 10.8 Å². The Labute approximate surface area is 211 Å². The molecule has 0 aromatic heterocycles. The first-order valence-electron chi connectivity index (χ1n) is 10.3. The number of ether oxygens (including phenoxy) is 3. The molecule has 3 aromatic carbocycles. The molecule has 3 rings (SSSR count). The van der Waals surface area contributed by atoms with E-state index in [1.165, 1.54) is 25.5 Å². The Balaban J connectivity index is 1.76. The maximum Gasteiger partial charge on any atom is 0.275 e. The molecule has 35 heavy (non-hydrogen) atoms. The first-order chi connectivity index (χ1) is 16.8. The fourth-order valence-corrected chi connectivity index (χ4v) is 3.41. The number of hydrogen-bond acceptors (Lipinski definition) is 7. The summed E-state index contributed by atoms with van der Waals surface area (Å²) < 4.78 is 16.7. The Bertz CT molecular complexity index is 1250. The van der Waals surface area contributed by atoms with Crippen molar-refractivity contribution in [2.45, 2.75) is 13.5 Å². The van der Waals surface area contributed by atoms with Gasteiger partial charge in [0, 0.05) is 17.2 Å². The van der Waals surface area contributed by atoms with E-state index in [1.807, 2.05) is 19.1 Å². The largest absolute Gasteiger partial charge is 0.496 e. The standard InChI is InChI=1S/C24H21Cl2N3O6/c1-3-34-22-11-16(10-20(26)23(22)35-14-15-4-6-17(25)7-5-15)13-27-28-24(30)19-12-18(29(31)32)8-9-21(19)33-2/h4-13H,3,14H2,1-2H3,(H,28,30)/b27-13-. The Hall–Kier alpha value is -3.82. The second kappa shape index (κ2) is 12.0. The monoisotopic (exact) mass is 517 g/mol. The lowest BCUT2D eigenvalue weighted by Crippen LogP contribution is -2.18. The molecule has 0 saturated heterocycles. The van der Waals surface area contributed by atoms with Crippen LogP contribution in [0.5, 0.6) is 17.2 Å². The van der Waals surface area contributed by atoms with Crippen molar-refractivity contribution in [3.8, 4) is 17.2 Å². The maximum atomic E-state index is 12.5. The molecule has 1 amide bonds. The maximum absolute atomic E-state index is 12.5. The van der Waals surface area contributed by atoms with Gasteiger partial charge >= 0.3 is 0 Å². The average Bonchev–Trinajstić information content (AvgIpc) is 2.84. The minimum atomic E-state index is -0.680. The summed E-state index contributed by atoms with van der Waals surface area (Å²) in [6.07, 6.45) is 1.36. The van der Waals surface area contributed by atoms with E-state index in [-0.39, 0.29) is 28.6 Å². The Morgan fingerprint density at radius 1 is 1.09 bits per heavy atom. The predicted octanol–water partition coefficient (Wildman–Crippen LogP) is 5.65. The number of nitro groups is 1. The second-order valence-corrected chi connectivity index (χ2v) is 7.86. The minimum absolute atomic E-state index is 0.0298. The third-order valence-electron chi connectivity index (χ3n) is 4.65. The summed E-state index contributed by atoms with van der Waals surface area (Å²) in [6, 6.07) is 14.2. The molecule has 3 aromatic rings. The zero-order valence-corrected chi connectivity index (χ0v) is 20.3. The number of nitrogens with zero attached hydrogens (tertiary/aromatic N) is 2. The lowest BCUT2D eigenvalue weighted by Gasteiger charge is -2.14. The van der Waals surface area contributed by atoms with Crippen LogP contribution < -0.4 is 19.6 Å².